The lowest BCUT2D eigenvalue weighted by Gasteiger charge is -2.27. The van der Waals surface area contributed by atoms with Gasteiger partial charge in [-0.15, -0.1) is 0 Å². The number of rotatable bonds is 7. The van der Waals surface area contributed by atoms with Gasteiger partial charge < -0.3 is 28.4 Å². The van der Waals surface area contributed by atoms with Gasteiger partial charge in [0.1, 0.15) is 11.3 Å². The van der Waals surface area contributed by atoms with Crippen molar-refractivity contribution < 1.29 is 23.4 Å². The average molecular weight is 438 g/mol. The Morgan fingerprint density at radius 3 is 2.38 bits per heavy atom. The maximum Gasteiger partial charge on any atom is 0.290 e. The summed E-state index contributed by atoms with van der Waals surface area (Å²) in [5.74, 6) is 1.39. The van der Waals surface area contributed by atoms with E-state index < -0.39 is 6.04 Å². The van der Waals surface area contributed by atoms with Crippen LogP contribution >= 0.6 is 0 Å². The van der Waals surface area contributed by atoms with E-state index in [9.17, 15) is 9.59 Å². The third-order valence-electron chi connectivity index (χ3n) is 5.69. The summed E-state index contributed by atoms with van der Waals surface area (Å²) in [6.45, 7) is 1.05. The molecule has 1 amide bonds. The van der Waals surface area contributed by atoms with Gasteiger partial charge in [0.25, 0.3) is 5.91 Å². The number of methoxy groups -OCH3 is 3. The number of amides is 1. The van der Waals surface area contributed by atoms with Crippen molar-refractivity contribution >= 4 is 16.9 Å². The fraction of sp³-hybridized carbons (Fsp3) is 0.333. The number of hydrogen-bond donors (Lipinski definition) is 0. The highest BCUT2D eigenvalue weighted by molar-refractivity contribution is 5.99. The van der Waals surface area contributed by atoms with E-state index in [2.05, 4.69) is 0 Å². The summed E-state index contributed by atoms with van der Waals surface area (Å²) in [5, 5.41) is 0.400. The van der Waals surface area contributed by atoms with Gasteiger partial charge in [-0.3, -0.25) is 9.59 Å². The minimum atomic E-state index is -0.597. The van der Waals surface area contributed by atoms with Crippen molar-refractivity contribution in [2.24, 2.45) is 0 Å². The minimum absolute atomic E-state index is 0.0642. The summed E-state index contributed by atoms with van der Waals surface area (Å²) in [5.41, 5.74) is 1.17. The van der Waals surface area contributed by atoms with Crippen LogP contribution in [-0.2, 0) is 0 Å². The van der Waals surface area contributed by atoms with Crippen molar-refractivity contribution in [3.05, 3.63) is 63.5 Å². The summed E-state index contributed by atoms with van der Waals surface area (Å²) >= 11 is 0. The second-order valence-corrected chi connectivity index (χ2v) is 7.85. The molecule has 1 aliphatic heterocycles. The van der Waals surface area contributed by atoms with Crippen LogP contribution in [0, 0.1) is 0 Å². The Morgan fingerprint density at radius 2 is 1.72 bits per heavy atom. The molecule has 0 aliphatic carbocycles. The predicted octanol–water partition coefficient (Wildman–Crippen LogP) is 2.93. The topological polar surface area (TPSA) is 81.5 Å². The number of carbonyl (C=O) groups excluding carboxylic acids is 1. The van der Waals surface area contributed by atoms with Gasteiger partial charge in [-0.25, -0.2) is 0 Å². The zero-order valence-electron chi connectivity index (χ0n) is 18.8. The van der Waals surface area contributed by atoms with Crippen LogP contribution in [0.2, 0.25) is 0 Å². The van der Waals surface area contributed by atoms with Gasteiger partial charge >= 0.3 is 0 Å². The Labute approximate surface area is 185 Å². The maximum atomic E-state index is 13.6. The van der Waals surface area contributed by atoms with Crippen molar-refractivity contribution in [1.82, 2.24) is 9.80 Å². The van der Waals surface area contributed by atoms with Crippen molar-refractivity contribution in [2.75, 3.05) is 48.5 Å². The lowest BCUT2D eigenvalue weighted by atomic mass is 9.98. The van der Waals surface area contributed by atoms with Gasteiger partial charge in [0.2, 0.25) is 5.76 Å². The van der Waals surface area contributed by atoms with Crippen LogP contribution in [0.4, 0.5) is 0 Å². The molecule has 2 aromatic carbocycles. The molecule has 1 atom stereocenters. The van der Waals surface area contributed by atoms with E-state index in [1.165, 1.54) is 7.11 Å². The van der Waals surface area contributed by atoms with Crippen LogP contribution in [0.3, 0.4) is 0 Å². The molecule has 0 saturated heterocycles. The molecule has 0 unspecified atom stereocenters. The zero-order chi connectivity index (χ0) is 23.0. The van der Waals surface area contributed by atoms with Gasteiger partial charge in [0.15, 0.2) is 16.9 Å². The van der Waals surface area contributed by atoms with Gasteiger partial charge in [0.05, 0.1) is 38.3 Å². The first-order valence-electron chi connectivity index (χ1n) is 10.2. The molecule has 0 fully saturated rings. The van der Waals surface area contributed by atoms with Crippen LogP contribution in [0.15, 0.2) is 45.6 Å². The third-order valence-corrected chi connectivity index (χ3v) is 5.69. The molecule has 0 N–H and O–H groups in total. The van der Waals surface area contributed by atoms with E-state index in [-0.39, 0.29) is 17.1 Å². The SMILES string of the molecule is COc1ccc2c(=O)c3c(oc2c1)C(=O)N(CCN(C)C)[C@@H]3c1ccc(OC)c(OC)c1. The molecular formula is C24H26N2O6. The van der Waals surface area contributed by atoms with E-state index in [0.29, 0.717) is 46.9 Å². The molecule has 8 nitrogen and oxygen atoms in total. The van der Waals surface area contributed by atoms with Crippen LogP contribution in [-0.4, -0.2) is 64.2 Å². The molecule has 0 saturated carbocycles. The van der Waals surface area contributed by atoms with Crippen molar-refractivity contribution in [3.63, 3.8) is 0 Å². The number of fused-ring (bicyclic) bond motifs is 2. The zero-order valence-corrected chi connectivity index (χ0v) is 18.8. The van der Waals surface area contributed by atoms with Gasteiger partial charge in [0, 0.05) is 19.2 Å². The van der Waals surface area contributed by atoms with Crippen LogP contribution in [0.5, 0.6) is 17.2 Å². The molecule has 1 aromatic heterocycles. The van der Waals surface area contributed by atoms with Gasteiger partial charge in [-0.05, 0) is 43.9 Å². The summed E-state index contributed by atoms with van der Waals surface area (Å²) < 4.78 is 22.0. The van der Waals surface area contributed by atoms with E-state index in [4.69, 9.17) is 18.6 Å². The lowest BCUT2D eigenvalue weighted by molar-refractivity contribution is 0.0716. The van der Waals surface area contributed by atoms with Gasteiger partial charge in [-0.2, -0.15) is 0 Å². The predicted molar refractivity (Wildman–Crippen MR) is 120 cm³/mol. The Hall–Kier alpha value is -3.52. The molecule has 32 heavy (non-hydrogen) atoms. The fourth-order valence-corrected chi connectivity index (χ4v) is 4.03. The van der Waals surface area contributed by atoms with Gasteiger partial charge in [-0.1, -0.05) is 6.07 Å². The lowest BCUT2D eigenvalue weighted by Crippen LogP contribution is -2.35. The van der Waals surface area contributed by atoms with Crippen molar-refractivity contribution in [2.45, 2.75) is 6.04 Å². The Bertz CT molecular complexity index is 1230. The quantitative estimate of drug-likeness (QED) is 0.561. The molecule has 0 spiro atoms. The first-order valence-corrected chi connectivity index (χ1v) is 10.2. The molecule has 0 radical (unpaired) electrons. The number of nitrogens with zero attached hydrogens (tertiary/aromatic N) is 2. The van der Waals surface area contributed by atoms with E-state index >= 15 is 0 Å². The molecule has 0 bridgehead atoms. The highest BCUT2D eigenvalue weighted by Crippen LogP contribution is 2.41. The Kier molecular flexibility index (Phi) is 5.80. The average Bonchev–Trinajstić information content (AvgIpc) is 3.08. The second-order valence-electron chi connectivity index (χ2n) is 7.85. The Morgan fingerprint density at radius 1 is 0.969 bits per heavy atom. The minimum Gasteiger partial charge on any atom is -0.497 e. The number of benzene rings is 2. The van der Waals surface area contributed by atoms with Crippen molar-refractivity contribution in [3.8, 4) is 17.2 Å². The molecule has 2 heterocycles. The molecule has 4 rings (SSSR count). The maximum absolute atomic E-state index is 13.6. The summed E-state index contributed by atoms with van der Waals surface area (Å²) in [4.78, 5) is 30.6. The first kappa shape index (κ1) is 21.7. The van der Waals surface area contributed by atoms with Crippen LogP contribution in [0.25, 0.3) is 11.0 Å². The first-order chi connectivity index (χ1) is 15.4. The van der Waals surface area contributed by atoms with Crippen molar-refractivity contribution in [1.29, 1.82) is 0 Å². The highest BCUT2D eigenvalue weighted by atomic mass is 16.5. The molecular weight excluding hydrogens is 412 g/mol. The largest absolute Gasteiger partial charge is 0.497 e. The number of ether oxygens (including phenoxy) is 3. The molecule has 8 heteroatoms. The second kappa shape index (κ2) is 8.55. The smallest absolute Gasteiger partial charge is 0.290 e. The summed E-state index contributed by atoms with van der Waals surface area (Å²) in [7, 11) is 8.51. The number of carbonyl (C=O) groups is 1. The molecule has 168 valence electrons. The van der Waals surface area contributed by atoms with Crippen LogP contribution < -0.4 is 19.6 Å². The third kappa shape index (κ3) is 3.56. The molecule has 1 aliphatic rings. The summed E-state index contributed by atoms with van der Waals surface area (Å²) in [6, 6.07) is 9.81. The number of hydrogen-bond acceptors (Lipinski definition) is 7. The van der Waals surface area contributed by atoms with E-state index in [0.717, 1.165) is 5.56 Å². The molecule has 3 aromatic rings. The monoisotopic (exact) mass is 438 g/mol. The van der Waals surface area contributed by atoms with E-state index in [1.807, 2.05) is 25.1 Å². The normalized spacial score (nSPS) is 15.4. The van der Waals surface area contributed by atoms with Crippen LogP contribution in [0.1, 0.15) is 27.7 Å². The fourth-order valence-electron chi connectivity index (χ4n) is 4.03. The highest BCUT2D eigenvalue weighted by Gasteiger charge is 2.42. The Balaban J connectivity index is 1.93. The van der Waals surface area contributed by atoms with E-state index in [1.54, 1.807) is 49.5 Å². The number of likely N-dealkylation sites (N-methyl/N-ethyl adjacent to an activating group) is 1. The standard InChI is InChI=1S/C24H26N2O6/c1-25(2)10-11-26-21(14-6-9-17(30-4)19(12-14)31-5)20-22(27)16-8-7-15(29-3)13-18(16)32-23(20)24(26)28/h6-9,12-13,21H,10-11H2,1-5H3/t21-/m1/s1. The summed E-state index contributed by atoms with van der Waals surface area (Å²) in [6.07, 6.45) is 0.